The minimum atomic E-state index is 0.185. The predicted molar refractivity (Wildman–Crippen MR) is 107 cm³/mol. The molecule has 136 valence electrons. The Hall–Kier alpha value is -1.64. The summed E-state index contributed by atoms with van der Waals surface area (Å²) in [6.45, 7) is 7.24. The van der Waals surface area contributed by atoms with Gasteiger partial charge >= 0.3 is 0 Å². The number of unbranched alkanes of at least 4 members (excludes halogenated alkanes) is 2. The largest absolute Gasteiger partial charge is 0.381 e. The van der Waals surface area contributed by atoms with Crippen LogP contribution in [0.1, 0.15) is 50.7 Å². The van der Waals surface area contributed by atoms with Crippen molar-refractivity contribution in [2.75, 3.05) is 13.2 Å². The highest BCUT2D eigenvalue weighted by Gasteiger charge is 2.15. The maximum atomic E-state index is 5.76. The molecule has 0 fully saturated rings. The maximum Gasteiger partial charge on any atom is 0.0506 e. The lowest BCUT2D eigenvalue weighted by atomic mass is 9.96. The number of hydrogen-bond donors (Lipinski definition) is 1. The van der Waals surface area contributed by atoms with E-state index in [1.165, 1.54) is 30.4 Å². The first kappa shape index (κ1) is 19.7. The molecule has 2 rings (SSSR count). The van der Waals surface area contributed by atoms with Gasteiger partial charge in [-0.25, -0.2) is 0 Å². The second kappa shape index (κ2) is 11.1. The molecule has 0 saturated carbocycles. The summed E-state index contributed by atoms with van der Waals surface area (Å²) in [4.78, 5) is 0. The van der Waals surface area contributed by atoms with Crippen LogP contribution in [0, 0.1) is 0 Å². The van der Waals surface area contributed by atoms with Crippen LogP contribution in [0.25, 0.3) is 0 Å². The quantitative estimate of drug-likeness (QED) is 0.525. The number of ether oxygens (including phenoxy) is 1. The average Bonchev–Trinajstić information content (AvgIpc) is 2.64. The van der Waals surface area contributed by atoms with E-state index >= 15 is 0 Å². The summed E-state index contributed by atoms with van der Waals surface area (Å²) in [5.74, 6) is 0. The van der Waals surface area contributed by atoms with Crippen molar-refractivity contribution >= 4 is 0 Å². The summed E-state index contributed by atoms with van der Waals surface area (Å²) < 4.78 is 5.76. The van der Waals surface area contributed by atoms with E-state index in [2.05, 4.69) is 79.8 Å². The molecule has 2 aromatic rings. The fraction of sp³-hybridized carbons (Fsp3) is 0.478. The topological polar surface area (TPSA) is 21.3 Å². The summed E-state index contributed by atoms with van der Waals surface area (Å²) in [6, 6.07) is 21.2. The lowest BCUT2D eigenvalue weighted by Gasteiger charge is -2.26. The molecule has 2 nitrogen and oxygen atoms in total. The van der Waals surface area contributed by atoms with Crippen molar-refractivity contribution in [3.8, 4) is 0 Å². The second-order valence-corrected chi connectivity index (χ2v) is 7.38. The Morgan fingerprint density at radius 2 is 1.40 bits per heavy atom. The second-order valence-electron chi connectivity index (χ2n) is 7.38. The van der Waals surface area contributed by atoms with E-state index in [4.69, 9.17) is 4.74 Å². The minimum Gasteiger partial charge on any atom is -0.381 e. The summed E-state index contributed by atoms with van der Waals surface area (Å²) in [5.41, 5.74) is 2.89. The Morgan fingerprint density at radius 1 is 0.760 bits per heavy atom. The number of benzene rings is 2. The smallest absolute Gasteiger partial charge is 0.0506 e. The zero-order valence-electron chi connectivity index (χ0n) is 15.8. The molecule has 0 atom stereocenters. The Morgan fingerprint density at radius 3 is 2.08 bits per heavy atom. The van der Waals surface area contributed by atoms with Gasteiger partial charge in [-0.1, -0.05) is 73.5 Å². The molecule has 0 aromatic heterocycles. The SMILES string of the molecule is CC(C)(CCCCCOCCc1ccccc1)NCc1ccccc1. The standard InChI is InChI=1S/C23H33NO/c1-23(2,24-20-22-14-8-4-9-15-22)17-10-5-11-18-25-19-16-21-12-6-3-7-13-21/h3-4,6-9,12-15,24H,5,10-11,16-20H2,1-2H3. The van der Waals surface area contributed by atoms with Gasteiger partial charge in [-0.2, -0.15) is 0 Å². The van der Waals surface area contributed by atoms with Crippen molar-refractivity contribution in [2.45, 2.75) is 58.0 Å². The normalized spacial score (nSPS) is 11.6. The highest BCUT2D eigenvalue weighted by atomic mass is 16.5. The first-order chi connectivity index (χ1) is 12.2. The summed E-state index contributed by atoms with van der Waals surface area (Å²) in [5, 5.41) is 3.67. The van der Waals surface area contributed by atoms with E-state index in [0.29, 0.717) is 0 Å². The van der Waals surface area contributed by atoms with Crippen LogP contribution in [0.5, 0.6) is 0 Å². The number of hydrogen-bond acceptors (Lipinski definition) is 2. The Bertz CT molecular complexity index is 565. The molecular formula is C23H33NO. The van der Waals surface area contributed by atoms with E-state index < -0.39 is 0 Å². The third kappa shape index (κ3) is 8.85. The molecule has 0 unspecified atom stereocenters. The Kier molecular flexibility index (Phi) is 8.71. The lowest BCUT2D eigenvalue weighted by molar-refractivity contribution is 0.132. The van der Waals surface area contributed by atoms with Gasteiger partial charge in [0.25, 0.3) is 0 Å². The molecule has 0 aliphatic heterocycles. The van der Waals surface area contributed by atoms with Gasteiger partial charge < -0.3 is 10.1 Å². The number of nitrogens with one attached hydrogen (secondary N) is 1. The maximum absolute atomic E-state index is 5.76. The fourth-order valence-electron chi connectivity index (χ4n) is 2.91. The first-order valence-corrected chi connectivity index (χ1v) is 9.56. The van der Waals surface area contributed by atoms with E-state index in [-0.39, 0.29) is 5.54 Å². The highest BCUT2D eigenvalue weighted by molar-refractivity contribution is 5.15. The van der Waals surface area contributed by atoms with Crippen LogP contribution < -0.4 is 5.32 Å². The Labute approximate surface area is 153 Å². The monoisotopic (exact) mass is 339 g/mol. The van der Waals surface area contributed by atoms with E-state index in [1.54, 1.807) is 0 Å². The molecule has 25 heavy (non-hydrogen) atoms. The molecule has 0 aliphatic carbocycles. The number of rotatable bonds is 12. The van der Waals surface area contributed by atoms with Crippen LogP contribution >= 0.6 is 0 Å². The van der Waals surface area contributed by atoms with Gasteiger partial charge in [0.2, 0.25) is 0 Å². The molecule has 0 spiro atoms. The molecular weight excluding hydrogens is 306 g/mol. The minimum absolute atomic E-state index is 0.185. The van der Waals surface area contributed by atoms with Crippen LogP contribution in [-0.4, -0.2) is 18.8 Å². The Balaban J connectivity index is 1.47. The third-order valence-electron chi connectivity index (χ3n) is 4.58. The van der Waals surface area contributed by atoms with Crippen LogP contribution in [0.3, 0.4) is 0 Å². The molecule has 0 amide bonds. The van der Waals surface area contributed by atoms with Crippen molar-refractivity contribution in [1.82, 2.24) is 5.32 Å². The van der Waals surface area contributed by atoms with Gasteiger partial charge in [-0.05, 0) is 44.2 Å². The van der Waals surface area contributed by atoms with Crippen LogP contribution in [0.4, 0.5) is 0 Å². The van der Waals surface area contributed by atoms with Crippen molar-refractivity contribution < 1.29 is 4.74 Å². The van der Waals surface area contributed by atoms with Gasteiger partial charge in [0.1, 0.15) is 0 Å². The average molecular weight is 340 g/mol. The van der Waals surface area contributed by atoms with Gasteiger partial charge in [-0.3, -0.25) is 0 Å². The first-order valence-electron chi connectivity index (χ1n) is 9.56. The van der Waals surface area contributed by atoms with Gasteiger partial charge in [0.05, 0.1) is 6.61 Å². The van der Waals surface area contributed by atoms with Gasteiger partial charge in [0, 0.05) is 18.7 Å². The third-order valence-corrected chi connectivity index (χ3v) is 4.58. The molecule has 0 saturated heterocycles. The molecule has 0 bridgehead atoms. The highest BCUT2D eigenvalue weighted by Crippen LogP contribution is 2.15. The molecule has 2 aromatic carbocycles. The zero-order valence-corrected chi connectivity index (χ0v) is 15.8. The van der Waals surface area contributed by atoms with E-state index in [9.17, 15) is 0 Å². The van der Waals surface area contributed by atoms with Crippen LogP contribution in [-0.2, 0) is 17.7 Å². The fourth-order valence-corrected chi connectivity index (χ4v) is 2.91. The molecule has 2 heteroatoms. The van der Waals surface area contributed by atoms with E-state index in [1.807, 2.05) is 0 Å². The van der Waals surface area contributed by atoms with Crippen LogP contribution in [0.15, 0.2) is 60.7 Å². The van der Waals surface area contributed by atoms with E-state index in [0.717, 1.165) is 32.6 Å². The van der Waals surface area contributed by atoms with Crippen molar-refractivity contribution in [3.05, 3.63) is 71.8 Å². The van der Waals surface area contributed by atoms with Gasteiger partial charge in [-0.15, -0.1) is 0 Å². The summed E-state index contributed by atoms with van der Waals surface area (Å²) >= 11 is 0. The zero-order chi connectivity index (χ0) is 17.8. The molecule has 0 aliphatic rings. The van der Waals surface area contributed by atoms with Crippen LogP contribution in [0.2, 0.25) is 0 Å². The van der Waals surface area contributed by atoms with Gasteiger partial charge in [0.15, 0.2) is 0 Å². The van der Waals surface area contributed by atoms with Crippen molar-refractivity contribution in [2.24, 2.45) is 0 Å². The lowest BCUT2D eigenvalue weighted by Crippen LogP contribution is -2.38. The molecule has 1 N–H and O–H groups in total. The van der Waals surface area contributed by atoms with Crippen molar-refractivity contribution in [3.63, 3.8) is 0 Å². The summed E-state index contributed by atoms with van der Waals surface area (Å²) in [7, 11) is 0. The summed E-state index contributed by atoms with van der Waals surface area (Å²) in [6.07, 6.45) is 5.85. The van der Waals surface area contributed by atoms with Crippen molar-refractivity contribution in [1.29, 1.82) is 0 Å². The molecule has 0 radical (unpaired) electrons. The molecule has 0 heterocycles. The predicted octanol–water partition coefficient (Wildman–Crippen LogP) is 5.37.